The highest BCUT2D eigenvalue weighted by molar-refractivity contribution is 7.92. The minimum Gasteiger partial charge on any atom is -0.454 e. The van der Waals surface area contributed by atoms with Gasteiger partial charge in [0.25, 0.3) is 11.5 Å². The van der Waals surface area contributed by atoms with Crippen molar-refractivity contribution in [1.82, 2.24) is 9.55 Å². The smallest absolute Gasteiger partial charge is 0.328 e. The van der Waals surface area contributed by atoms with E-state index in [1.54, 1.807) is 18.2 Å². The monoisotopic (exact) mass is 458 g/mol. The molecular formula is C20H18N4O7S. The highest BCUT2D eigenvalue weighted by Crippen LogP contribution is 2.32. The molecule has 2 aromatic carbocycles. The van der Waals surface area contributed by atoms with E-state index in [1.165, 1.54) is 24.3 Å². The van der Waals surface area contributed by atoms with Gasteiger partial charge in [0.2, 0.25) is 16.8 Å². The number of nitrogens with one attached hydrogen (secondary N) is 3. The summed E-state index contributed by atoms with van der Waals surface area (Å²) in [6.07, 6.45) is 2.04. The Hall–Kier alpha value is -4.06. The van der Waals surface area contributed by atoms with Gasteiger partial charge >= 0.3 is 5.69 Å². The lowest BCUT2D eigenvalue weighted by atomic mass is 10.2. The zero-order chi connectivity index (χ0) is 22.9. The SMILES string of the molecule is CS(=O)(=O)Nc1cccc(NC(=O)c2c[nH]c(=O)n(Cc3ccc4c(c3)OCO4)c2=O)c1. The van der Waals surface area contributed by atoms with Crippen molar-refractivity contribution in [2.24, 2.45) is 0 Å². The maximum atomic E-state index is 12.8. The lowest BCUT2D eigenvalue weighted by Gasteiger charge is -2.10. The Morgan fingerprint density at radius 3 is 2.62 bits per heavy atom. The molecule has 11 nitrogen and oxygen atoms in total. The highest BCUT2D eigenvalue weighted by atomic mass is 32.2. The van der Waals surface area contributed by atoms with Crippen LogP contribution in [0.3, 0.4) is 0 Å². The second kappa shape index (κ2) is 8.23. The molecule has 1 aromatic heterocycles. The Kier molecular flexibility index (Phi) is 5.45. The average Bonchev–Trinajstić information content (AvgIpc) is 3.18. The summed E-state index contributed by atoms with van der Waals surface area (Å²) in [5.41, 5.74) is -0.632. The fourth-order valence-corrected chi connectivity index (χ4v) is 3.67. The van der Waals surface area contributed by atoms with Crippen LogP contribution in [0, 0.1) is 0 Å². The number of H-pyrrole nitrogens is 1. The van der Waals surface area contributed by atoms with Crippen molar-refractivity contribution in [3.05, 3.63) is 80.6 Å². The maximum absolute atomic E-state index is 12.8. The molecule has 3 aromatic rings. The van der Waals surface area contributed by atoms with Crippen molar-refractivity contribution in [1.29, 1.82) is 0 Å². The van der Waals surface area contributed by atoms with E-state index in [1.807, 2.05) is 0 Å². The third kappa shape index (κ3) is 4.64. The van der Waals surface area contributed by atoms with Crippen molar-refractivity contribution in [3.63, 3.8) is 0 Å². The molecule has 0 spiro atoms. The molecule has 3 N–H and O–H groups in total. The molecule has 0 saturated carbocycles. The van der Waals surface area contributed by atoms with Crippen LogP contribution < -0.4 is 30.8 Å². The number of rotatable bonds is 6. The second-order valence-corrected chi connectivity index (χ2v) is 8.74. The van der Waals surface area contributed by atoms with Crippen molar-refractivity contribution in [2.75, 3.05) is 23.1 Å². The molecule has 32 heavy (non-hydrogen) atoms. The van der Waals surface area contributed by atoms with Crippen LogP contribution >= 0.6 is 0 Å². The van der Waals surface area contributed by atoms with Gasteiger partial charge in [0.05, 0.1) is 18.5 Å². The van der Waals surface area contributed by atoms with E-state index in [0.717, 1.165) is 17.0 Å². The van der Waals surface area contributed by atoms with Crippen LogP contribution in [0.2, 0.25) is 0 Å². The first kappa shape index (κ1) is 21.2. The molecule has 0 aliphatic carbocycles. The fourth-order valence-electron chi connectivity index (χ4n) is 3.11. The zero-order valence-electron chi connectivity index (χ0n) is 16.7. The molecular weight excluding hydrogens is 440 g/mol. The maximum Gasteiger partial charge on any atom is 0.328 e. The predicted molar refractivity (Wildman–Crippen MR) is 116 cm³/mol. The van der Waals surface area contributed by atoms with E-state index in [4.69, 9.17) is 9.47 Å². The zero-order valence-corrected chi connectivity index (χ0v) is 17.6. The Morgan fingerprint density at radius 1 is 1.09 bits per heavy atom. The lowest BCUT2D eigenvalue weighted by Crippen LogP contribution is -2.39. The van der Waals surface area contributed by atoms with Gasteiger partial charge < -0.3 is 19.8 Å². The third-order valence-corrected chi connectivity index (χ3v) is 5.11. The van der Waals surface area contributed by atoms with Crippen molar-refractivity contribution in [3.8, 4) is 11.5 Å². The molecule has 1 aliphatic heterocycles. The van der Waals surface area contributed by atoms with Gasteiger partial charge in [0, 0.05) is 11.9 Å². The number of fused-ring (bicyclic) bond motifs is 1. The Labute approximate surface area is 181 Å². The number of hydrogen-bond donors (Lipinski definition) is 3. The van der Waals surface area contributed by atoms with E-state index < -0.39 is 27.2 Å². The molecule has 4 rings (SSSR count). The Balaban J connectivity index is 1.58. The summed E-state index contributed by atoms with van der Waals surface area (Å²) < 4.78 is 36.5. The molecule has 0 saturated heterocycles. The predicted octanol–water partition coefficient (Wildman–Crippen LogP) is 0.937. The number of carbonyl (C=O) groups excluding carboxylic acids is 1. The van der Waals surface area contributed by atoms with Crippen molar-refractivity contribution < 1.29 is 22.7 Å². The molecule has 1 amide bonds. The van der Waals surface area contributed by atoms with Gasteiger partial charge in [-0.3, -0.25) is 18.9 Å². The summed E-state index contributed by atoms with van der Waals surface area (Å²) in [4.78, 5) is 40.2. The number of amides is 1. The molecule has 0 bridgehead atoms. The lowest BCUT2D eigenvalue weighted by molar-refractivity contribution is 0.102. The number of anilines is 2. The summed E-state index contributed by atoms with van der Waals surface area (Å²) >= 11 is 0. The molecule has 0 atom stereocenters. The van der Waals surface area contributed by atoms with E-state index in [0.29, 0.717) is 17.1 Å². The molecule has 0 fully saturated rings. The number of aromatic amines is 1. The van der Waals surface area contributed by atoms with Gasteiger partial charge in [-0.2, -0.15) is 0 Å². The summed E-state index contributed by atoms with van der Waals surface area (Å²) in [6.45, 7) is 0.00950. The number of benzene rings is 2. The number of carbonyl (C=O) groups is 1. The summed E-state index contributed by atoms with van der Waals surface area (Å²) in [6, 6.07) is 11.0. The van der Waals surface area contributed by atoms with Crippen LogP contribution in [0.25, 0.3) is 0 Å². The molecule has 0 radical (unpaired) electrons. The van der Waals surface area contributed by atoms with Crippen LogP contribution in [-0.4, -0.2) is 36.9 Å². The van der Waals surface area contributed by atoms with Gasteiger partial charge in [-0.05, 0) is 35.9 Å². The first-order valence-electron chi connectivity index (χ1n) is 9.30. The fraction of sp³-hybridized carbons (Fsp3) is 0.150. The van der Waals surface area contributed by atoms with Gasteiger partial charge in [-0.25, -0.2) is 13.2 Å². The first-order chi connectivity index (χ1) is 15.2. The molecule has 0 unspecified atom stereocenters. The van der Waals surface area contributed by atoms with Crippen LogP contribution in [0.5, 0.6) is 11.5 Å². The Morgan fingerprint density at radius 2 is 1.84 bits per heavy atom. The van der Waals surface area contributed by atoms with Crippen LogP contribution in [-0.2, 0) is 16.6 Å². The minimum atomic E-state index is -3.50. The van der Waals surface area contributed by atoms with Crippen LogP contribution in [0.15, 0.2) is 58.3 Å². The average molecular weight is 458 g/mol. The second-order valence-electron chi connectivity index (χ2n) is 7.00. The third-order valence-electron chi connectivity index (χ3n) is 4.51. The number of nitrogens with zero attached hydrogens (tertiary/aromatic N) is 1. The standard InChI is InChI=1S/C20H18N4O7S/c1-32(28,29)23-14-4-2-3-13(8-14)22-18(25)15-9-21-20(27)24(19(15)26)10-12-5-6-16-17(7-12)31-11-30-16/h2-9,23H,10-11H2,1H3,(H,21,27)(H,22,25). The molecule has 1 aliphatic rings. The summed E-state index contributed by atoms with van der Waals surface area (Å²) in [5, 5.41) is 2.52. The van der Waals surface area contributed by atoms with Crippen molar-refractivity contribution >= 4 is 27.3 Å². The number of sulfonamides is 1. The molecule has 166 valence electrons. The van der Waals surface area contributed by atoms with E-state index in [-0.39, 0.29) is 30.3 Å². The topological polar surface area (TPSA) is 149 Å². The number of ether oxygens (including phenoxy) is 2. The normalized spacial score (nSPS) is 12.4. The van der Waals surface area contributed by atoms with Gasteiger partial charge in [-0.1, -0.05) is 12.1 Å². The molecule has 2 heterocycles. The summed E-state index contributed by atoms with van der Waals surface area (Å²) in [5.74, 6) is 0.307. The van der Waals surface area contributed by atoms with E-state index in [2.05, 4.69) is 15.0 Å². The van der Waals surface area contributed by atoms with E-state index in [9.17, 15) is 22.8 Å². The largest absolute Gasteiger partial charge is 0.454 e. The van der Waals surface area contributed by atoms with Gasteiger partial charge in [0.15, 0.2) is 11.5 Å². The number of hydrogen-bond acceptors (Lipinski definition) is 7. The first-order valence-corrected chi connectivity index (χ1v) is 11.2. The number of aromatic nitrogens is 2. The van der Waals surface area contributed by atoms with Gasteiger partial charge in [-0.15, -0.1) is 0 Å². The summed E-state index contributed by atoms with van der Waals surface area (Å²) in [7, 11) is -3.50. The minimum absolute atomic E-state index is 0.0836. The van der Waals surface area contributed by atoms with Crippen LogP contribution in [0.4, 0.5) is 11.4 Å². The Bertz CT molecular complexity index is 1430. The quantitative estimate of drug-likeness (QED) is 0.498. The molecule has 12 heteroatoms. The van der Waals surface area contributed by atoms with Crippen molar-refractivity contribution in [2.45, 2.75) is 6.54 Å². The van der Waals surface area contributed by atoms with E-state index >= 15 is 0 Å². The highest BCUT2D eigenvalue weighted by Gasteiger charge is 2.18. The van der Waals surface area contributed by atoms with Crippen LogP contribution in [0.1, 0.15) is 15.9 Å². The van der Waals surface area contributed by atoms with Gasteiger partial charge in [0.1, 0.15) is 5.56 Å².